The molecule has 0 bridgehead atoms. The maximum absolute atomic E-state index is 12.2. The summed E-state index contributed by atoms with van der Waals surface area (Å²) in [6, 6.07) is 7.13. The molecule has 3 aromatic rings. The van der Waals surface area contributed by atoms with Crippen molar-refractivity contribution in [3.05, 3.63) is 56.5 Å². The van der Waals surface area contributed by atoms with Crippen molar-refractivity contribution in [2.24, 2.45) is 0 Å². The van der Waals surface area contributed by atoms with Crippen molar-refractivity contribution in [1.82, 2.24) is 19.6 Å². The van der Waals surface area contributed by atoms with Gasteiger partial charge in [-0.15, -0.1) is 0 Å². The summed E-state index contributed by atoms with van der Waals surface area (Å²) in [6.07, 6.45) is 0. The standard InChI is InChI=1S/C14H12ClN5O2/c1-7-4-3-5-9(6-7)11(21)17-13-18-14-16-8(2)10(15)12(22)20(14)19-13/h3-6H,1-2H3,(H2,16,17,18,19,21). The van der Waals surface area contributed by atoms with Crippen LogP contribution >= 0.6 is 11.6 Å². The Kier molecular flexibility index (Phi) is 3.42. The zero-order valence-corrected chi connectivity index (χ0v) is 12.6. The number of aromatic amines is 1. The maximum Gasteiger partial charge on any atom is 0.293 e. The van der Waals surface area contributed by atoms with E-state index in [4.69, 9.17) is 11.6 Å². The van der Waals surface area contributed by atoms with Crippen LogP contribution in [0.3, 0.4) is 0 Å². The van der Waals surface area contributed by atoms with E-state index in [-0.39, 0.29) is 22.7 Å². The van der Waals surface area contributed by atoms with Crippen LogP contribution in [0.5, 0.6) is 0 Å². The Balaban J connectivity index is 1.96. The van der Waals surface area contributed by atoms with Gasteiger partial charge in [-0.1, -0.05) is 29.3 Å². The number of nitrogens with one attached hydrogen (secondary N) is 2. The number of halogens is 1. The van der Waals surface area contributed by atoms with Crippen LogP contribution < -0.4 is 10.9 Å². The van der Waals surface area contributed by atoms with Gasteiger partial charge in [0.15, 0.2) is 0 Å². The lowest BCUT2D eigenvalue weighted by Crippen LogP contribution is -2.17. The molecule has 7 nitrogen and oxygen atoms in total. The fraction of sp³-hybridized carbons (Fsp3) is 0.143. The maximum atomic E-state index is 12.2. The van der Waals surface area contributed by atoms with Crippen LogP contribution in [-0.2, 0) is 0 Å². The molecule has 2 aromatic heterocycles. The zero-order chi connectivity index (χ0) is 15.9. The third kappa shape index (κ3) is 2.46. The van der Waals surface area contributed by atoms with E-state index in [0.29, 0.717) is 11.3 Å². The summed E-state index contributed by atoms with van der Waals surface area (Å²) in [4.78, 5) is 32.3. The summed E-state index contributed by atoms with van der Waals surface area (Å²) in [5.74, 6) is -0.0668. The van der Waals surface area contributed by atoms with E-state index in [2.05, 4.69) is 20.4 Å². The molecule has 1 aromatic carbocycles. The minimum absolute atomic E-state index is 0.0118. The number of carbonyl (C=O) groups is 1. The smallest absolute Gasteiger partial charge is 0.291 e. The highest BCUT2D eigenvalue weighted by Crippen LogP contribution is 2.10. The molecule has 3 rings (SSSR count). The number of benzene rings is 1. The van der Waals surface area contributed by atoms with Crippen molar-refractivity contribution >= 4 is 29.2 Å². The van der Waals surface area contributed by atoms with Crippen LogP contribution in [0.15, 0.2) is 29.1 Å². The average Bonchev–Trinajstić information content (AvgIpc) is 2.87. The first-order valence-corrected chi connectivity index (χ1v) is 6.86. The fourth-order valence-corrected chi connectivity index (χ4v) is 2.15. The molecule has 22 heavy (non-hydrogen) atoms. The van der Waals surface area contributed by atoms with Gasteiger partial charge >= 0.3 is 0 Å². The molecule has 0 saturated carbocycles. The quantitative estimate of drug-likeness (QED) is 0.755. The molecule has 2 heterocycles. The molecule has 0 aliphatic rings. The summed E-state index contributed by atoms with van der Waals surface area (Å²) >= 11 is 5.85. The summed E-state index contributed by atoms with van der Waals surface area (Å²) in [6.45, 7) is 3.51. The van der Waals surface area contributed by atoms with Crippen LogP contribution in [0.2, 0.25) is 5.02 Å². The van der Waals surface area contributed by atoms with E-state index in [1.807, 2.05) is 13.0 Å². The van der Waals surface area contributed by atoms with Gasteiger partial charge in [-0.05, 0) is 26.0 Å². The molecule has 0 spiro atoms. The van der Waals surface area contributed by atoms with E-state index in [9.17, 15) is 9.59 Å². The fourth-order valence-electron chi connectivity index (χ4n) is 2.02. The molecule has 8 heteroatoms. The molecule has 0 aliphatic carbocycles. The van der Waals surface area contributed by atoms with Crippen LogP contribution in [0, 0.1) is 13.8 Å². The molecular weight excluding hydrogens is 306 g/mol. The third-order valence-electron chi connectivity index (χ3n) is 3.12. The highest BCUT2D eigenvalue weighted by Gasteiger charge is 2.13. The molecule has 0 saturated heterocycles. The Morgan fingerprint density at radius 1 is 1.32 bits per heavy atom. The summed E-state index contributed by atoms with van der Waals surface area (Å²) < 4.78 is 1.08. The highest BCUT2D eigenvalue weighted by atomic mass is 35.5. The van der Waals surface area contributed by atoms with Gasteiger partial charge in [-0.3, -0.25) is 20.0 Å². The molecule has 0 aliphatic heterocycles. The van der Waals surface area contributed by atoms with Gasteiger partial charge in [-0.25, -0.2) is 4.98 Å². The molecule has 112 valence electrons. The number of rotatable bonds is 2. The van der Waals surface area contributed by atoms with Crippen molar-refractivity contribution < 1.29 is 4.79 Å². The van der Waals surface area contributed by atoms with Gasteiger partial charge in [0.2, 0.25) is 5.95 Å². The lowest BCUT2D eigenvalue weighted by Gasteiger charge is -2.02. The SMILES string of the molecule is Cc1cccc(C(=O)Nc2nc3nc(C)c(Cl)c(=O)n3[nH]2)c1. The molecule has 0 radical (unpaired) electrons. The van der Waals surface area contributed by atoms with Crippen molar-refractivity contribution in [3.8, 4) is 0 Å². The highest BCUT2D eigenvalue weighted by molar-refractivity contribution is 6.31. The Bertz CT molecular complexity index is 944. The van der Waals surface area contributed by atoms with E-state index >= 15 is 0 Å². The van der Waals surface area contributed by atoms with E-state index in [1.54, 1.807) is 25.1 Å². The van der Waals surface area contributed by atoms with Gasteiger partial charge in [-0.2, -0.15) is 9.50 Å². The van der Waals surface area contributed by atoms with E-state index < -0.39 is 5.56 Å². The second-order valence-electron chi connectivity index (χ2n) is 4.85. The van der Waals surface area contributed by atoms with Gasteiger partial charge in [0.25, 0.3) is 17.2 Å². The van der Waals surface area contributed by atoms with Gasteiger partial charge in [0.05, 0.1) is 5.69 Å². The number of nitrogens with zero attached hydrogens (tertiary/aromatic N) is 3. The Labute approximate surface area is 130 Å². The number of anilines is 1. The molecule has 1 amide bonds. The largest absolute Gasteiger partial charge is 0.293 e. The Hall–Kier alpha value is -2.67. The first kappa shape index (κ1) is 14.3. The molecule has 0 fully saturated rings. The number of aromatic nitrogens is 4. The summed E-state index contributed by atoms with van der Waals surface area (Å²) in [5.41, 5.74) is 1.38. The van der Waals surface area contributed by atoms with Crippen LogP contribution in [0.4, 0.5) is 5.95 Å². The normalized spacial score (nSPS) is 10.9. The first-order valence-electron chi connectivity index (χ1n) is 6.48. The predicted octanol–water partition coefficient (Wildman–Crippen LogP) is 1.94. The Morgan fingerprint density at radius 2 is 2.09 bits per heavy atom. The number of fused-ring (bicyclic) bond motifs is 1. The van der Waals surface area contributed by atoms with Crippen molar-refractivity contribution in [2.75, 3.05) is 5.32 Å². The summed E-state index contributed by atoms with van der Waals surface area (Å²) in [7, 11) is 0. The van der Waals surface area contributed by atoms with Gasteiger partial charge in [0, 0.05) is 5.56 Å². The average molecular weight is 318 g/mol. The number of aryl methyl sites for hydroxylation is 2. The first-order chi connectivity index (χ1) is 10.5. The van der Waals surface area contributed by atoms with Crippen molar-refractivity contribution in [3.63, 3.8) is 0 Å². The van der Waals surface area contributed by atoms with Gasteiger partial charge < -0.3 is 0 Å². The lowest BCUT2D eigenvalue weighted by atomic mass is 10.1. The second-order valence-corrected chi connectivity index (χ2v) is 5.23. The second kappa shape index (κ2) is 5.27. The number of hydrogen-bond donors (Lipinski definition) is 2. The molecule has 0 atom stereocenters. The van der Waals surface area contributed by atoms with E-state index in [0.717, 1.165) is 10.1 Å². The Morgan fingerprint density at radius 3 is 2.82 bits per heavy atom. The van der Waals surface area contributed by atoms with Crippen molar-refractivity contribution in [2.45, 2.75) is 13.8 Å². The van der Waals surface area contributed by atoms with Crippen molar-refractivity contribution in [1.29, 1.82) is 0 Å². The van der Waals surface area contributed by atoms with Crippen LogP contribution in [-0.4, -0.2) is 25.5 Å². The minimum atomic E-state index is -0.465. The lowest BCUT2D eigenvalue weighted by molar-refractivity contribution is 0.102. The minimum Gasteiger partial charge on any atom is -0.291 e. The monoisotopic (exact) mass is 317 g/mol. The number of amides is 1. The number of carbonyl (C=O) groups excluding carboxylic acids is 1. The van der Waals surface area contributed by atoms with Crippen LogP contribution in [0.1, 0.15) is 21.6 Å². The topological polar surface area (TPSA) is 92.2 Å². The van der Waals surface area contributed by atoms with E-state index in [1.165, 1.54) is 0 Å². The third-order valence-corrected chi connectivity index (χ3v) is 3.55. The van der Waals surface area contributed by atoms with Gasteiger partial charge in [0.1, 0.15) is 5.02 Å². The zero-order valence-electron chi connectivity index (χ0n) is 11.8. The number of hydrogen-bond acceptors (Lipinski definition) is 4. The molecular formula is C14H12ClN5O2. The molecule has 0 unspecified atom stereocenters. The number of H-pyrrole nitrogens is 1. The predicted molar refractivity (Wildman–Crippen MR) is 82.5 cm³/mol. The van der Waals surface area contributed by atoms with Crippen LogP contribution in [0.25, 0.3) is 5.78 Å². The summed E-state index contributed by atoms with van der Waals surface area (Å²) in [5, 5.41) is 5.27. The molecule has 2 N–H and O–H groups in total.